The van der Waals surface area contributed by atoms with Crippen molar-refractivity contribution in [2.24, 2.45) is 0 Å². The second-order valence-corrected chi connectivity index (χ2v) is 9.68. The van der Waals surface area contributed by atoms with Gasteiger partial charge in [0.2, 0.25) is 5.91 Å². The van der Waals surface area contributed by atoms with Crippen molar-refractivity contribution in [2.45, 2.75) is 75.9 Å². The first-order chi connectivity index (χ1) is 12.9. The van der Waals surface area contributed by atoms with E-state index in [2.05, 4.69) is 11.9 Å². The van der Waals surface area contributed by atoms with Crippen LogP contribution in [0.4, 0.5) is 0 Å². The summed E-state index contributed by atoms with van der Waals surface area (Å²) in [4.78, 5) is 32.2. The minimum atomic E-state index is -0.311. The number of rotatable bonds is 6. The summed E-state index contributed by atoms with van der Waals surface area (Å²) in [6.45, 7) is 9.99. The molecule has 1 aliphatic carbocycles. The average Bonchev–Trinajstić information content (AvgIpc) is 2.93. The molecule has 7 heteroatoms. The van der Waals surface area contributed by atoms with Crippen LogP contribution in [-0.2, 0) is 11.3 Å². The van der Waals surface area contributed by atoms with Crippen LogP contribution < -0.4 is 10.9 Å². The summed E-state index contributed by atoms with van der Waals surface area (Å²) >= 11 is 2.88. The lowest BCUT2D eigenvalue weighted by Crippen LogP contribution is -2.40. The van der Waals surface area contributed by atoms with Crippen molar-refractivity contribution in [3.05, 3.63) is 33.4 Å². The Kier molecular flexibility index (Phi) is 6.42. The van der Waals surface area contributed by atoms with Crippen molar-refractivity contribution in [3.8, 4) is 0 Å². The molecule has 2 heterocycles. The van der Waals surface area contributed by atoms with Gasteiger partial charge in [-0.05, 0) is 39.2 Å². The zero-order chi connectivity index (χ0) is 19.6. The number of aryl methyl sites for hydroxylation is 2. The number of carbonyl (C=O) groups excluding carboxylic acids is 1. The first kappa shape index (κ1) is 20.1. The number of allylic oxidation sites excluding steroid dienone is 1. The molecule has 3 rings (SSSR count). The SMILES string of the molecule is C=CCn1c(SC(C)C(=O)NC2CCCCC2)nc2sc(C)c(C)c2c1=O. The molecule has 1 atom stereocenters. The van der Waals surface area contributed by atoms with Gasteiger partial charge in [-0.1, -0.05) is 37.1 Å². The summed E-state index contributed by atoms with van der Waals surface area (Å²) in [6.07, 6.45) is 7.43. The second-order valence-electron chi connectivity index (χ2n) is 7.17. The molecule has 5 nitrogen and oxygen atoms in total. The Bertz CT molecular complexity index is 910. The van der Waals surface area contributed by atoms with Crippen LogP contribution in [0.2, 0.25) is 0 Å². The zero-order valence-electron chi connectivity index (χ0n) is 16.2. The number of carbonyl (C=O) groups is 1. The normalized spacial score (nSPS) is 16.4. The minimum Gasteiger partial charge on any atom is -0.352 e. The fraction of sp³-hybridized carbons (Fsp3) is 0.550. The van der Waals surface area contributed by atoms with Crippen molar-refractivity contribution in [2.75, 3.05) is 0 Å². The predicted octanol–water partition coefficient (Wildman–Crippen LogP) is 4.19. The Hall–Kier alpha value is -1.60. The van der Waals surface area contributed by atoms with Crippen molar-refractivity contribution >= 4 is 39.2 Å². The van der Waals surface area contributed by atoms with Crippen LogP contribution in [0.1, 0.15) is 49.5 Å². The highest BCUT2D eigenvalue weighted by atomic mass is 32.2. The van der Waals surface area contributed by atoms with Crippen molar-refractivity contribution < 1.29 is 4.79 Å². The first-order valence-electron chi connectivity index (χ1n) is 9.50. The number of hydrogen-bond donors (Lipinski definition) is 1. The van der Waals surface area contributed by atoms with Crippen LogP contribution in [0.3, 0.4) is 0 Å². The van der Waals surface area contributed by atoms with Crippen LogP contribution in [0.5, 0.6) is 0 Å². The van der Waals surface area contributed by atoms with Crippen LogP contribution in [0.15, 0.2) is 22.6 Å². The Morgan fingerprint density at radius 3 is 2.78 bits per heavy atom. The van der Waals surface area contributed by atoms with Gasteiger partial charge < -0.3 is 5.32 Å². The highest BCUT2D eigenvalue weighted by Crippen LogP contribution is 2.30. The first-order valence-corrected chi connectivity index (χ1v) is 11.2. The summed E-state index contributed by atoms with van der Waals surface area (Å²) in [5.41, 5.74) is 0.939. The Labute approximate surface area is 168 Å². The van der Waals surface area contributed by atoms with E-state index in [1.54, 1.807) is 10.6 Å². The van der Waals surface area contributed by atoms with E-state index in [0.717, 1.165) is 28.1 Å². The third-order valence-corrected chi connectivity index (χ3v) is 7.36. The fourth-order valence-electron chi connectivity index (χ4n) is 3.47. The molecule has 0 spiro atoms. The lowest BCUT2D eigenvalue weighted by molar-refractivity contribution is -0.121. The van der Waals surface area contributed by atoms with E-state index in [9.17, 15) is 9.59 Å². The van der Waals surface area contributed by atoms with E-state index in [-0.39, 0.29) is 22.8 Å². The predicted molar refractivity (Wildman–Crippen MR) is 114 cm³/mol. The highest BCUT2D eigenvalue weighted by Gasteiger charge is 2.23. The van der Waals surface area contributed by atoms with Crippen molar-refractivity contribution in [3.63, 3.8) is 0 Å². The van der Waals surface area contributed by atoms with E-state index in [0.29, 0.717) is 17.1 Å². The maximum Gasteiger partial charge on any atom is 0.263 e. The lowest BCUT2D eigenvalue weighted by Gasteiger charge is -2.24. The van der Waals surface area contributed by atoms with Gasteiger partial charge in [0.15, 0.2) is 5.16 Å². The summed E-state index contributed by atoms with van der Waals surface area (Å²) in [7, 11) is 0. The standard InChI is InChI=1S/C20H27N3O2S2/c1-5-11-23-19(25)16-12(2)13(3)26-18(16)22-20(23)27-14(4)17(24)21-15-9-7-6-8-10-15/h5,14-15H,1,6-11H2,2-4H3,(H,21,24). The Morgan fingerprint density at radius 1 is 1.41 bits per heavy atom. The molecule has 0 aromatic carbocycles. The van der Waals surface area contributed by atoms with Gasteiger partial charge in [-0.3, -0.25) is 14.2 Å². The minimum absolute atomic E-state index is 0.0185. The Morgan fingerprint density at radius 2 is 2.11 bits per heavy atom. The summed E-state index contributed by atoms with van der Waals surface area (Å²) in [5.74, 6) is 0.0185. The van der Waals surface area contributed by atoms with E-state index in [4.69, 9.17) is 4.98 Å². The number of thioether (sulfide) groups is 1. The quantitative estimate of drug-likeness (QED) is 0.445. The molecule has 0 bridgehead atoms. The average molecular weight is 406 g/mol. The third-order valence-electron chi connectivity index (χ3n) is 5.17. The van der Waals surface area contributed by atoms with Gasteiger partial charge in [0, 0.05) is 17.5 Å². The zero-order valence-corrected chi connectivity index (χ0v) is 17.8. The molecule has 0 aliphatic heterocycles. The molecular weight excluding hydrogens is 378 g/mol. The van der Waals surface area contributed by atoms with E-state index in [1.165, 1.54) is 42.4 Å². The molecule has 2 aromatic heterocycles. The van der Waals surface area contributed by atoms with Crippen LogP contribution >= 0.6 is 23.1 Å². The van der Waals surface area contributed by atoms with Gasteiger partial charge in [0.25, 0.3) is 5.56 Å². The van der Waals surface area contributed by atoms with Gasteiger partial charge in [-0.15, -0.1) is 17.9 Å². The second kappa shape index (κ2) is 8.61. The summed E-state index contributed by atoms with van der Waals surface area (Å²) in [5, 5.41) is 4.12. The van der Waals surface area contributed by atoms with Gasteiger partial charge in [-0.25, -0.2) is 4.98 Å². The molecule has 1 N–H and O–H groups in total. The van der Waals surface area contributed by atoms with Gasteiger partial charge in [0.1, 0.15) is 4.83 Å². The molecule has 0 saturated heterocycles. The molecule has 1 unspecified atom stereocenters. The molecule has 1 saturated carbocycles. The van der Waals surface area contributed by atoms with Gasteiger partial charge >= 0.3 is 0 Å². The largest absolute Gasteiger partial charge is 0.352 e. The molecule has 1 fully saturated rings. The number of nitrogens with one attached hydrogen (secondary N) is 1. The maximum atomic E-state index is 13.0. The molecule has 1 amide bonds. The van der Waals surface area contributed by atoms with E-state index >= 15 is 0 Å². The molecule has 2 aromatic rings. The fourth-order valence-corrected chi connectivity index (χ4v) is 5.46. The van der Waals surface area contributed by atoms with E-state index in [1.807, 2.05) is 20.8 Å². The van der Waals surface area contributed by atoms with Crippen LogP contribution in [0.25, 0.3) is 10.2 Å². The monoisotopic (exact) mass is 405 g/mol. The smallest absolute Gasteiger partial charge is 0.263 e. The molecule has 1 aliphatic rings. The summed E-state index contributed by atoms with van der Waals surface area (Å²) in [6, 6.07) is 0.280. The van der Waals surface area contributed by atoms with Gasteiger partial charge in [-0.2, -0.15) is 0 Å². The maximum absolute atomic E-state index is 13.0. The molecular formula is C20H27N3O2S2. The molecule has 27 heavy (non-hydrogen) atoms. The topological polar surface area (TPSA) is 64.0 Å². The number of fused-ring (bicyclic) bond motifs is 1. The van der Waals surface area contributed by atoms with E-state index < -0.39 is 0 Å². The third kappa shape index (κ3) is 4.29. The number of aromatic nitrogens is 2. The molecule has 146 valence electrons. The Balaban J connectivity index is 1.86. The van der Waals surface area contributed by atoms with Crippen molar-refractivity contribution in [1.82, 2.24) is 14.9 Å². The lowest BCUT2D eigenvalue weighted by atomic mass is 9.95. The van der Waals surface area contributed by atoms with Gasteiger partial charge in [0.05, 0.1) is 10.6 Å². The van der Waals surface area contributed by atoms with Crippen molar-refractivity contribution in [1.29, 1.82) is 0 Å². The number of hydrogen-bond acceptors (Lipinski definition) is 5. The number of thiophene rings is 1. The number of amides is 1. The van der Waals surface area contributed by atoms with Crippen LogP contribution in [-0.4, -0.2) is 26.8 Å². The molecule has 0 radical (unpaired) electrons. The summed E-state index contributed by atoms with van der Waals surface area (Å²) < 4.78 is 1.63. The highest BCUT2D eigenvalue weighted by molar-refractivity contribution is 8.00. The van der Waals surface area contributed by atoms with Crippen LogP contribution in [0, 0.1) is 13.8 Å². The number of nitrogens with zero attached hydrogens (tertiary/aromatic N) is 2.